The third-order valence-electron chi connectivity index (χ3n) is 3.36. The number of hydrogen-bond acceptors (Lipinski definition) is 5. The van der Waals surface area contributed by atoms with Crippen LogP contribution in [0.25, 0.3) is 6.08 Å². The summed E-state index contributed by atoms with van der Waals surface area (Å²) in [5, 5.41) is 3.79. The molecule has 136 valence electrons. The average Bonchev–Trinajstić information content (AvgIpc) is 2.64. The van der Waals surface area contributed by atoms with E-state index in [2.05, 4.69) is 21.1 Å². The van der Waals surface area contributed by atoms with Gasteiger partial charge in [-0.05, 0) is 45.3 Å². The lowest BCUT2D eigenvalue weighted by molar-refractivity contribution is -0.132. The second-order valence-electron chi connectivity index (χ2n) is 5.07. The lowest BCUT2D eigenvalue weighted by Gasteiger charge is -2.12. The monoisotopic (exact) mass is 437 g/mol. The van der Waals surface area contributed by atoms with Gasteiger partial charge in [0.2, 0.25) is 0 Å². The van der Waals surface area contributed by atoms with Crippen LogP contribution in [-0.4, -0.2) is 25.9 Å². The lowest BCUT2D eigenvalue weighted by atomic mass is 10.0. The normalized spacial score (nSPS) is 11.8. The van der Waals surface area contributed by atoms with E-state index in [4.69, 9.17) is 25.9 Å². The Balaban J connectivity index is 2.25. The molecule has 0 heterocycles. The highest BCUT2D eigenvalue weighted by molar-refractivity contribution is 9.12. The van der Waals surface area contributed by atoms with E-state index in [0.717, 1.165) is 11.1 Å². The second-order valence-corrected chi connectivity index (χ2v) is 6.78. The van der Waals surface area contributed by atoms with E-state index in [1.54, 1.807) is 18.2 Å². The van der Waals surface area contributed by atoms with Gasteiger partial charge >= 0.3 is 5.97 Å². The Morgan fingerprint density at radius 2 is 1.96 bits per heavy atom. The summed E-state index contributed by atoms with van der Waals surface area (Å²) in [4.78, 5) is 16.8. The van der Waals surface area contributed by atoms with Crippen molar-refractivity contribution in [3.05, 3.63) is 69.2 Å². The van der Waals surface area contributed by atoms with Crippen molar-refractivity contribution in [2.45, 2.75) is 6.61 Å². The summed E-state index contributed by atoms with van der Waals surface area (Å²) in [7, 11) is 2.66. The number of esters is 1. The molecule has 2 aromatic carbocycles. The van der Waals surface area contributed by atoms with E-state index in [-0.39, 0.29) is 12.3 Å². The first kappa shape index (κ1) is 20.0. The summed E-state index contributed by atoms with van der Waals surface area (Å²) < 4.78 is 11.1. The largest absolute Gasteiger partial charge is 0.489 e. The van der Waals surface area contributed by atoms with Crippen molar-refractivity contribution >= 4 is 45.3 Å². The first-order valence-corrected chi connectivity index (χ1v) is 8.75. The Bertz CT molecular complexity index is 832. The summed E-state index contributed by atoms with van der Waals surface area (Å²) in [6, 6.07) is 14.7. The molecule has 0 saturated heterocycles. The van der Waals surface area contributed by atoms with Gasteiger partial charge < -0.3 is 14.3 Å². The third kappa shape index (κ3) is 5.61. The minimum absolute atomic E-state index is 0.0805. The highest BCUT2D eigenvalue weighted by Crippen LogP contribution is 2.21. The van der Waals surface area contributed by atoms with Crippen LogP contribution >= 0.6 is 27.5 Å². The van der Waals surface area contributed by atoms with Crippen LogP contribution in [0, 0.1) is 0 Å². The molecule has 2 rings (SSSR count). The molecular weight excluding hydrogens is 422 g/mol. The van der Waals surface area contributed by atoms with Gasteiger partial charge in [-0.15, -0.1) is 0 Å². The predicted octanol–water partition coefficient (Wildman–Crippen LogP) is 4.72. The molecule has 7 heteroatoms. The van der Waals surface area contributed by atoms with Crippen molar-refractivity contribution in [1.29, 1.82) is 0 Å². The highest BCUT2D eigenvalue weighted by Gasteiger charge is 2.19. The minimum Gasteiger partial charge on any atom is -0.489 e. The molecule has 0 radical (unpaired) electrons. The predicted molar refractivity (Wildman–Crippen MR) is 106 cm³/mol. The third-order valence-corrected chi connectivity index (χ3v) is 3.70. The Hall–Kier alpha value is -2.31. The minimum atomic E-state index is -0.585. The van der Waals surface area contributed by atoms with Crippen LogP contribution in [0.4, 0.5) is 0 Å². The second kappa shape index (κ2) is 9.99. The summed E-state index contributed by atoms with van der Waals surface area (Å²) >= 11 is 9.02. The number of benzene rings is 2. The van der Waals surface area contributed by atoms with Crippen LogP contribution in [0.15, 0.2) is 57.6 Å². The van der Waals surface area contributed by atoms with Gasteiger partial charge in [0.1, 0.15) is 19.5 Å². The number of nitrogens with zero attached hydrogens (tertiary/aromatic N) is 1. The number of rotatable bonds is 7. The molecule has 0 saturated carbocycles. The van der Waals surface area contributed by atoms with Gasteiger partial charge in [0.25, 0.3) is 0 Å². The molecule has 0 atom stereocenters. The maximum Gasteiger partial charge on any atom is 0.360 e. The van der Waals surface area contributed by atoms with Gasteiger partial charge in [-0.3, -0.25) is 0 Å². The first-order chi connectivity index (χ1) is 12.5. The molecule has 0 aromatic heterocycles. The summed E-state index contributed by atoms with van der Waals surface area (Å²) in [5.74, 6) is 0.0839. The summed E-state index contributed by atoms with van der Waals surface area (Å²) in [6.07, 6.45) is 1.77. The standard InChI is InChI=1S/C19H17BrClNO4/c1-24-19(23)18(22-25-2)16-9-4-3-7-14(16)12-26-15-8-5-6-13(10-15)11-17(20)21/h3-11H,12H2,1-2H3/b17-11?,22-18+. The van der Waals surface area contributed by atoms with Gasteiger partial charge in [-0.2, -0.15) is 0 Å². The molecule has 0 aliphatic carbocycles. The zero-order valence-corrected chi connectivity index (χ0v) is 16.6. The molecule has 2 aromatic rings. The zero-order chi connectivity index (χ0) is 18.9. The molecule has 5 nitrogen and oxygen atoms in total. The van der Waals surface area contributed by atoms with Crippen LogP contribution < -0.4 is 4.74 Å². The molecule has 0 unspecified atom stereocenters. The quantitative estimate of drug-likeness (QED) is 0.356. The van der Waals surface area contributed by atoms with Gasteiger partial charge in [-0.25, -0.2) is 4.79 Å². The fraction of sp³-hybridized carbons (Fsp3) is 0.158. The molecule has 0 fully saturated rings. The van der Waals surface area contributed by atoms with E-state index in [0.29, 0.717) is 15.3 Å². The van der Waals surface area contributed by atoms with Gasteiger partial charge in [0.05, 0.1) is 11.1 Å². The van der Waals surface area contributed by atoms with Crippen molar-refractivity contribution in [3.8, 4) is 5.75 Å². The Kier molecular flexibility index (Phi) is 7.69. The van der Waals surface area contributed by atoms with Crippen LogP contribution in [0.5, 0.6) is 5.75 Å². The fourth-order valence-electron chi connectivity index (χ4n) is 2.24. The van der Waals surface area contributed by atoms with E-state index < -0.39 is 5.97 Å². The van der Waals surface area contributed by atoms with Gasteiger partial charge in [0.15, 0.2) is 5.71 Å². The smallest absolute Gasteiger partial charge is 0.360 e. The molecule has 0 bridgehead atoms. The average molecular weight is 439 g/mol. The van der Waals surface area contributed by atoms with E-state index in [1.165, 1.54) is 14.2 Å². The maximum atomic E-state index is 12.0. The molecule has 0 aliphatic rings. The van der Waals surface area contributed by atoms with Crippen LogP contribution in [0.2, 0.25) is 0 Å². The first-order valence-electron chi connectivity index (χ1n) is 7.58. The van der Waals surface area contributed by atoms with Crippen molar-refractivity contribution in [1.82, 2.24) is 0 Å². The Morgan fingerprint density at radius 3 is 2.65 bits per heavy atom. The molecule has 0 N–H and O–H groups in total. The van der Waals surface area contributed by atoms with Crippen molar-refractivity contribution in [3.63, 3.8) is 0 Å². The van der Waals surface area contributed by atoms with Crippen LogP contribution in [0.1, 0.15) is 16.7 Å². The van der Waals surface area contributed by atoms with Crippen LogP contribution in [-0.2, 0) is 21.0 Å². The number of oxime groups is 1. The fourth-order valence-corrected chi connectivity index (χ4v) is 2.63. The molecular formula is C19H17BrClNO4. The highest BCUT2D eigenvalue weighted by atomic mass is 79.9. The number of methoxy groups -OCH3 is 1. The lowest BCUT2D eigenvalue weighted by Crippen LogP contribution is -2.19. The molecule has 26 heavy (non-hydrogen) atoms. The number of carbonyl (C=O) groups is 1. The van der Waals surface area contributed by atoms with Crippen molar-refractivity contribution in [2.24, 2.45) is 5.16 Å². The number of carbonyl (C=O) groups excluding carboxylic acids is 1. The van der Waals surface area contributed by atoms with E-state index in [1.807, 2.05) is 36.4 Å². The number of halogens is 2. The van der Waals surface area contributed by atoms with Gasteiger partial charge in [-0.1, -0.05) is 53.2 Å². The number of hydrogen-bond donors (Lipinski definition) is 0. The number of ether oxygens (including phenoxy) is 2. The van der Waals surface area contributed by atoms with Crippen LogP contribution in [0.3, 0.4) is 0 Å². The topological polar surface area (TPSA) is 57.1 Å². The summed E-state index contributed by atoms with van der Waals surface area (Å²) in [6.45, 7) is 0.241. The molecule has 0 spiro atoms. The molecule has 0 aliphatic heterocycles. The maximum absolute atomic E-state index is 12.0. The van der Waals surface area contributed by atoms with Gasteiger partial charge in [0, 0.05) is 5.56 Å². The molecule has 0 amide bonds. The zero-order valence-electron chi connectivity index (χ0n) is 14.2. The Labute approximate surface area is 165 Å². The van der Waals surface area contributed by atoms with E-state index in [9.17, 15) is 4.79 Å². The van der Waals surface area contributed by atoms with E-state index >= 15 is 0 Å². The Morgan fingerprint density at radius 1 is 1.19 bits per heavy atom. The van der Waals surface area contributed by atoms with Crippen molar-refractivity contribution < 1.29 is 19.1 Å². The van der Waals surface area contributed by atoms with Crippen molar-refractivity contribution in [2.75, 3.05) is 14.2 Å². The summed E-state index contributed by atoms with van der Waals surface area (Å²) in [5.41, 5.74) is 2.33. The SMILES string of the molecule is CO/N=C(/C(=O)OC)c1ccccc1COc1cccc(C=C(Cl)Br)c1.